The number of aliphatic hydroxyl groups excluding tert-OH is 1. The van der Waals surface area contributed by atoms with Gasteiger partial charge in [-0.05, 0) is 38.8 Å². The van der Waals surface area contributed by atoms with E-state index in [9.17, 15) is 9.90 Å². The average Bonchev–Trinajstić information content (AvgIpc) is 3.51. The summed E-state index contributed by atoms with van der Waals surface area (Å²) in [7, 11) is 0. The molecule has 3 aromatic rings. The van der Waals surface area contributed by atoms with Gasteiger partial charge in [-0.15, -0.1) is 22.7 Å². The Morgan fingerprint density at radius 1 is 1.20 bits per heavy atom. The maximum Gasteiger partial charge on any atom is 0.255 e. The molecule has 3 aromatic heterocycles. The van der Waals surface area contributed by atoms with Crippen molar-refractivity contribution in [3.05, 3.63) is 40.0 Å². The Kier molecular flexibility index (Phi) is 7.40. The van der Waals surface area contributed by atoms with Gasteiger partial charge >= 0.3 is 0 Å². The molecule has 0 aromatic carbocycles. The van der Waals surface area contributed by atoms with E-state index in [2.05, 4.69) is 25.2 Å². The van der Waals surface area contributed by atoms with Crippen LogP contribution in [-0.4, -0.2) is 81.2 Å². The number of aliphatic hydroxyl groups is 1. The predicted molar refractivity (Wildman–Crippen MR) is 137 cm³/mol. The van der Waals surface area contributed by atoms with E-state index in [1.165, 1.54) is 22.7 Å². The number of carbonyl (C=O) groups is 1. The first-order chi connectivity index (χ1) is 17.0. The standard InChI is InChI=1S/C24H30N6O3S2/c1-15-21(35-22(26-15)16(2)31)19-14-34-24(27-19)28-20-4-3-17(13-25-20)23(32)30-7-5-18(6-8-30)29-9-11-33-12-10-29/h3-4,13-14,16,18,31H,5-12H2,1-2H3,(H,25,27,28). The Labute approximate surface area is 212 Å². The molecule has 0 radical (unpaired) electrons. The highest BCUT2D eigenvalue weighted by atomic mass is 32.1. The fraction of sp³-hybridized carbons (Fsp3) is 0.500. The van der Waals surface area contributed by atoms with Crippen molar-refractivity contribution < 1.29 is 14.6 Å². The summed E-state index contributed by atoms with van der Waals surface area (Å²) in [6.07, 6.45) is 3.05. The summed E-state index contributed by atoms with van der Waals surface area (Å²) >= 11 is 2.93. The third-order valence-corrected chi connectivity index (χ3v) is 8.57. The van der Waals surface area contributed by atoms with E-state index >= 15 is 0 Å². The van der Waals surface area contributed by atoms with Gasteiger partial charge < -0.3 is 20.1 Å². The largest absolute Gasteiger partial charge is 0.386 e. The number of anilines is 2. The van der Waals surface area contributed by atoms with Crippen LogP contribution < -0.4 is 5.32 Å². The zero-order chi connectivity index (χ0) is 24.4. The molecule has 5 rings (SSSR count). The number of amides is 1. The summed E-state index contributed by atoms with van der Waals surface area (Å²) < 4.78 is 5.46. The van der Waals surface area contributed by atoms with Crippen LogP contribution in [0.3, 0.4) is 0 Å². The number of carbonyl (C=O) groups excluding carboxylic acids is 1. The minimum absolute atomic E-state index is 0.0376. The van der Waals surface area contributed by atoms with Crippen LogP contribution in [0, 0.1) is 6.92 Å². The van der Waals surface area contributed by atoms with E-state index < -0.39 is 6.10 Å². The molecule has 0 aliphatic carbocycles. The van der Waals surface area contributed by atoms with Gasteiger partial charge in [0.05, 0.1) is 35.0 Å². The number of hydrogen-bond donors (Lipinski definition) is 2. The lowest BCUT2D eigenvalue weighted by Crippen LogP contribution is -2.50. The molecular weight excluding hydrogens is 484 g/mol. The molecule has 186 valence electrons. The SMILES string of the molecule is Cc1nc(C(C)O)sc1-c1csc(Nc2ccc(C(=O)N3CCC(N4CCOCC4)CC3)cn2)n1. The van der Waals surface area contributed by atoms with E-state index in [-0.39, 0.29) is 5.91 Å². The number of morpholine rings is 1. The van der Waals surface area contributed by atoms with Crippen molar-refractivity contribution in [2.24, 2.45) is 0 Å². The Bertz CT molecular complexity index is 1150. The Morgan fingerprint density at radius 2 is 1.97 bits per heavy atom. The summed E-state index contributed by atoms with van der Waals surface area (Å²) in [5.74, 6) is 0.676. The number of aromatic nitrogens is 3. The molecule has 2 fully saturated rings. The molecule has 5 heterocycles. The first-order valence-corrected chi connectivity index (χ1v) is 13.6. The van der Waals surface area contributed by atoms with Crippen LogP contribution in [0.25, 0.3) is 10.6 Å². The normalized spacial score (nSPS) is 18.5. The number of rotatable bonds is 6. The van der Waals surface area contributed by atoms with Crippen LogP contribution in [0.15, 0.2) is 23.7 Å². The molecule has 0 bridgehead atoms. The number of likely N-dealkylation sites (tertiary alicyclic amines) is 1. The summed E-state index contributed by atoms with van der Waals surface area (Å²) in [5.41, 5.74) is 2.29. The van der Waals surface area contributed by atoms with Crippen LogP contribution in [0.1, 0.15) is 46.9 Å². The second-order valence-corrected chi connectivity index (χ2v) is 10.8. The van der Waals surface area contributed by atoms with Crippen molar-refractivity contribution in [3.8, 4) is 10.6 Å². The third-order valence-electron chi connectivity index (χ3n) is 6.47. The fourth-order valence-electron chi connectivity index (χ4n) is 4.53. The summed E-state index contributed by atoms with van der Waals surface area (Å²) in [5, 5.41) is 16.4. The molecule has 2 aliphatic rings. The van der Waals surface area contributed by atoms with Crippen LogP contribution in [0.2, 0.25) is 0 Å². The molecule has 1 amide bonds. The number of pyridine rings is 1. The third kappa shape index (κ3) is 5.54. The highest BCUT2D eigenvalue weighted by Crippen LogP contribution is 2.35. The molecule has 9 nitrogen and oxygen atoms in total. The molecule has 1 unspecified atom stereocenters. The Morgan fingerprint density at radius 3 is 2.63 bits per heavy atom. The zero-order valence-corrected chi connectivity index (χ0v) is 21.6. The van der Waals surface area contributed by atoms with Gasteiger partial charge in [0.25, 0.3) is 5.91 Å². The average molecular weight is 515 g/mol. The Hall–Kier alpha value is -2.44. The molecule has 0 spiro atoms. The highest BCUT2D eigenvalue weighted by Gasteiger charge is 2.28. The van der Waals surface area contributed by atoms with Crippen LogP contribution >= 0.6 is 22.7 Å². The van der Waals surface area contributed by atoms with Gasteiger partial charge in [-0.2, -0.15) is 0 Å². The van der Waals surface area contributed by atoms with Gasteiger partial charge in [0.15, 0.2) is 5.13 Å². The van der Waals surface area contributed by atoms with Gasteiger partial charge in [0, 0.05) is 43.8 Å². The molecule has 1 atom stereocenters. The van der Waals surface area contributed by atoms with Gasteiger partial charge in [-0.3, -0.25) is 9.69 Å². The van der Waals surface area contributed by atoms with Crippen LogP contribution in [-0.2, 0) is 4.74 Å². The van der Waals surface area contributed by atoms with Crippen molar-refractivity contribution in [3.63, 3.8) is 0 Å². The van der Waals surface area contributed by atoms with E-state index in [0.29, 0.717) is 27.6 Å². The van der Waals surface area contributed by atoms with E-state index in [4.69, 9.17) is 4.74 Å². The van der Waals surface area contributed by atoms with E-state index in [1.54, 1.807) is 13.1 Å². The molecule has 0 saturated carbocycles. The van der Waals surface area contributed by atoms with Crippen molar-refractivity contribution in [2.75, 3.05) is 44.7 Å². The minimum Gasteiger partial charge on any atom is -0.386 e. The second-order valence-electron chi connectivity index (χ2n) is 8.91. The Balaban J connectivity index is 1.17. The molecule has 2 N–H and O–H groups in total. The zero-order valence-electron chi connectivity index (χ0n) is 19.9. The first-order valence-electron chi connectivity index (χ1n) is 11.9. The van der Waals surface area contributed by atoms with Crippen molar-refractivity contribution in [1.29, 1.82) is 0 Å². The maximum atomic E-state index is 13.0. The quantitative estimate of drug-likeness (QED) is 0.513. The van der Waals surface area contributed by atoms with Gasteiger partial charge in [-0.1, -0.05) is 0 Å². The highest BCUT2D eigenvalue weighted by molar-refractivity contribution is 7.17. The smallest absolute Gasteiger partial charge is 0.255 e. The van der Waals surface area contributed by atoms with Gasteiger partial charge in [0.1, 0.15) is 16.9 Å². The predicted octanol–water partition coefficient (Wildman–Crippen LogP) is 3.70. The van der Waals surface area contributed by atoms with Gasteiger partial charge in [-0.25, -0.2) is 15.0 Å². The molecule has 2 saturated heterocycles. The van der Waals surface area contributed by atoms with Crippen molar-refractivity contribution in [1.82, 2.24) is 24.8 Å². The number of aryl methyl sites for hydroxylation is 1. The van der Waals surface area contributed by atoms with Crippen molar-refractivity contribution >= 4 is 39.5 Å². The summed E-state index contributed by atoms with van der Waals surface area (Å²) in [6, 6.07) is 4.18. The lowest BCUT2D eigenvalue weighted by Gasteiger charge is -2.40. The number of nitrogens with one attached hydrogen (secondary N) is 1. The minimum atomic E-state index is -0.592. The molecule has 35 heavy (non-hydrogen) atoms. The number of piperidine rings is 1. The van der Waals surface area contributed by atoms with Crippen molar-refractivity contribution in [2.45, 2.75) is 38.8 Å². The van der Waals surface area contributed by atoms with Gasteiger partial charge in [0.2, 0.25) is 0 Å². The topological polar surface area (TPSA) is 104 Å². The molecular formula is C24H30N6O3S2. The van der Waals surface area contributed by atoms with E-state index in [0.717, 1.165) is 68.5 Å². The fourth-order valence-corrected chi connectivity index (χ4v) is 6.28. The monoisotopic (exact) mass is 514 g/mol. The number of nitrogens with zero attached hydrogens (tertiary/aromatic N) is 5. The summed E-state index contributed by atoms with van der Waals surface area (Å²) in [6.45, 7) is 8.78. The number of thiazole rings is 2. The second kappa shape index (κ2) is 10.7. The summed E-state index contributed by atoms with van der Waals surface area (Å²) in [4.78, 5) is 31.9. The van der Waals surface area contributed by atoms with Crippen LogP contribution in [0.4, 0.5) is 10.9 Å². The first kappa shape index (κ1) is 24.3. The lowest BCUT2D eigenvalue weighted by molar-refractivity contribution is 0.00158. The molecule has 11 heteroatoms. The van der Waals surface area contributed by atoms with Crippen LogP contribution in [0.5, 0.6) is 0 Å². The maximum absolute atomic E-state index is 13.0. The lowest BCUT2D eigenvalue weighted by atomic mass is 10.0. The number of hydrogen-bond acceptors (Lipinski definition) is 10. The molecule has 2 aliphatic heterocycles. The van der Waals surface area contributed by atoms with E-state index in [1.807, 2.05) is 29.3 Å². The number of ether oxygens (including phenoxy) is 1.